The summed E-state index contributed by atoms with van der Waals surface area (Å²) < 4.78 is 78.2. The molecular weight excluding hydrogens is 476 g/mol. The molecule has 6 nitrogen and oxygen atoms in total. The lowest BCUT2D eigenvalue weighted by Gasteiger charge is -2.30. The lowest BCUT2D eigenvalue weighted by atomic mass is 9.91. The molecular formula is C23H27F6N5O. The fraction of sp³-hybridized carbons (Fsp3) is 0.522. The number of hydrogen-bond acceptors (Lipinski definition) is 5. The zero-order chi connectivity index (χ0) is 26.0. The second-order valence-corrected chi connectivity index (χ2v) is 8.94. The molecule has 1 amide bonds. The number of aryl methyl sites for hydroxylation is 1. The van der Waals surface area contributed by atoms with Crippen LogP contribution in [-0.4, -0.2) is 42.1 Å². The molecule has 3 rings (SSSR count). The standard InChI is InChI=1S/C23H27F6N5O/c1-13-8-19(34(2)3)33-21(30-13)32-18-6-4-17(5-7-18)31-20(35)11-14-9-15(22(24,25)26)12-16(10-14)23(27,28)29/h8-10,12,17-18H,4-7,11H2,1-3H3,(H,31,35)(H,30,32,33)/t17-,18+. The Morgan fingerprint density at radius 3 is 1.97 bits per heavy atom. The molecule has 35 heavy (non-hydrogen) atoms. The highest BCUT2D eigenvalue weighted by atomic mass is 19.4. The van der Waals surface area contributed by atoms with Crippen LogP contribution in [0.25, 0.3) is 0 Å². The third kappa shape index (κ3) is 7.46. The van der Waals surface area contributed by atoms with Gasteiger partial charge < -0.3 is 15.5 Å². The normalized spacial score (nSPS) is 18.8. The van der Waals surface area contributed by atoms with Gasteiger partial charge in [-0.15, -0.1) is 0 Å². The average molecular weight is 503 g/mol. The first kappa shape index (κ1) is 26.6. The molecule has 1 aliphatic carbocycles. The lowest BCUT2D eigenvalue weighted by Crippen LogP contribution is -2.41. The van der Waals surface area contributed by atoms with E-state index in [2.05, 4.69) is 20.6 Å². The molecule has 1 aliphatic rings. The van der Waals surface area contributed by atoms with Gasteiger partial charge in [-0.25, -0.2) is 4.98 Å². The van der Waals surface area contributed by atoms with Crippen LogP contribution in [0.3, 0.4) is 0 Å². The van der Waals surface area contributed by atoms with Crippen molar-refractivity contribution in [1.29, 1.82) is 0 Å². The third-order valence-electron chi connectivity index (χ3n) is 5.74. The van der Waals surface area contributed by atoms with Gasteiger partial charge in [0.2, 0.25) is 11.9 Å². The summed E-state index contributed by atoms with van der Waals surface area (Å²) in [5.74, 6) is 0.655. The minimum atomic E-state index is -4.95. The van der Waals surface area contributed by atoms with E-state index in [-0.39, 0.29) is 23.7 Å². The Labute approximate surface area is 199 Å². The van der Waals surface area contributed by atoms with Crippen molar-refractivity contribution in [1.82, 2.24) is 15.3 Å². The van der Waals surface area contributed by atoms with Crippen molar-refractivity contribution >= 4 is 17.7 Å². The molecule has 0 aliphatic heterocycles. The van der Waals surface area contributed by atoms with Crippen molar-refractivity contribution in [2.75, 3.05) is 24.3 Å². The van der Waals surface area contributed by atoms with Crippen molar-refractivity contribution in [3.8, 4) is 0 Å². The molecule has 0 radical (unpaired) electrons. The van der Waals surface area contributed by atoms with Crippen LogP contribution in [0.2, 0.25) is 0 Å². The number of benzene rings is 1. The molecule has 1 aromatic carbocycles. The van der Waals surface area contributed by atoms with Crippen LogP contribution in [0.5, 0.6) is 0 Å². The average Bonchev–Trinajstić information content (AvgIpc) is 2.73. The van der Waals surface area contributed by atoms with Gasteiger partial charge in [0.1, 0.15) is 5.82 Å². The highest BCUT2D eigenvalue weighted by molar-refractivity contribution is 5.79. The van der Waals surface area contributed by atoms with Crippen LogP contribution in [0, 0.1) is 6.92 Å². The SMILES string of the molecule is Cc1cc(N(C)C)nc(N[C@H]2CC[C@@H](NC(=O)Cc3cc(C(F)(F)F)cc(C(F)(F)F)c3)CC2)n1. The van der Waals surface area contributed by atoms with E-state index in [1.165, 1.54) is 0 Å². The molecule has 1 aromatic heterocycles. The summed E-state index contributed by atoms with van der Waals surface area (Å²) in [6.07, 6.45) is -7.88. The number of carbonyl (C=O) groups is 1. The molecule has 0 atom stereocenters. The molecule has 0 saturated heterocycles. The van der Waals surface area contributed by atoms with E-state index in [9.17, 15) is 31.1 Å². The van der Waals surface area contributed by atoms with Gasteiger partial charge in [-0.2, -0.15) is 31.3 Å². The van der Waals surface area contributed by atoms with Crippen molar-refractivity contribution in [2.24, 2.45) is 0 Å². The number of amides is 1. The number of halogens is 6. The second kappa shape index (κ2) is 10.3. The maximum Gasteiger partial charge on any atom is 0.416 e. The summed E-state index contributed by atoms with van der Waals surface area (Å²) in [5, 5.41) is 6.03. The highest BCUT2D eigenvalue weighted by Gasteiger charge is 2.37. The van der Waals surface area contributed by atoms with Gasteiger partial charge >= 0.3 is 12.4 Å². The van der Waals surface area contributed by atoms with Crippen LogP contribution in [0.1, 0.15) is 48.1 Å². The fourth-order valence-corrected chi connectivity index (χ4v) is 4.00. The number of aromatic nitrogens is 2. The first-order valence-electron chi connectivity index (χ1n) is 11.1. The third-order valence-corrected chi connectivity index (χ3v) is 5.74. The molecule has 2 N–H and O–H groups in total. The van der Waals surface area contributed by atoms with Gasteiger partial charge in [-0.1, -0.05) is 0 Å². The first-order chi connectivity index (χ1) is 16.2. The van der Waals surface area contributed by atoms with Crippen LogP contribution in [0.4, 0.5) is 38.1 Å². The zero-order valence-corrected chi connectivity index (χ0v) is 19.5. The molecule has 12 heteroatoms. The largest absolute Gasteiger partial charge is 0.416 e. The van der Waals surface area contributed by atoms with Crippen molar-refractivity contribution in [2.45, 2.75) is 63.5 Å². The van der Waals surface area contributed by atoms with E-state index in [4.69, 9.17) is 0 Å². The first-order valence-corrected chi connectivity index (χ1v) is 11.1. The second-order valence-electron chi connectivity index (χ2n) is 8.94. The van der Waals surface area contributed by atoms with Gasteiger partial charge in [0.25, 0.3) is 0 Å². The minimum absolute atomic E-state index is 0.0507. The molecule has 1 heterocycles. The number of nitrogens with zero attached hydrogens (tertiary/aromatic N) is 3. The van der Waals surface area contributed by atoms with E-state index in [0.29, 0.717) is 43.8 Å². The Morgan fingerprint density at radius 1 is 0.914 bits per heavy atom. The molecule has 0 bridgehead atoms. The summed E-state index contributed by atoms with van der Waals surface area (Å²) in [6.45, 7) is 1.87. The quantitative estimate of drug-likeness (QED) is 0.545. The van der Waals surface area contributed by atoms with Gasteiger partial charge in [-0.3, -0.25) is 4.79 Å². The Hall–Kier alpha value is -3.05. The maximum absolute atomic E-state index is 13.0. The number of anilines is 2. The van der Waals surface area contributed by atoms with Crippen LogP contribution >= 0.6 is 0 Å². The van der Waals surface area contributed by atoms with E-state index in [1.54, 1.807) is 0 Å². The van der Waals surface area contributed by atoms with Crippen LogP contribution in [0.15, 0.2) is 24.3 Å². The van der Waals surface area contributed by atoms with E-state index >= 15 is 0 Å². The Balaban J connectivity index is 1.57. The number of hydrogen-bond donors (Lipinski definition) is 2. The molecule has 2 aromatic rings. The lowest BCUT2D eigenvalue weighted by molar-refractivity contribution is -0.143. The highest BCUT2D eigenvalue weighted by Crippen LogP contribution is 2.36. The Bertz CT molecular complexity index is 1010. The summed E-state index contributed by atoms with van der Waals surface area (Å²) in [4.78, 5) is 23.1. The predicted octanol–water partition coefficient (Wildman–Crippen LogP) is 4.97. The van der Waals surface area contributed by atoms with Gasteiger partial charge in [-0.05, 0) is 56.4 Å². The van der Waals surface area contributed by atoms with Crippen LogP contribution in [-0.2, 0) is 23.6 Å². The number of nitrogens with one attached hydrogen (secondary N) is 2. The summed E-state index contributed by atoms with van der Waals surface area (Å²) in [6, 6.07) is 2.94. The summed E-state index contributed by atoms with van der Waals surface area (Å²) in [5.41, 5.74) is -2.39. The maximum atomic E-state index is 13.0. The summed E-state index contributed by atoms with van der Waals surface area (Å²) >= 11 is 0. The Morgan fingerprint density at radius 2 is 1.46 bits per heavy atom. The number of carbonyl (C=O) groups excluding carboxylic acids is 1. The number of alkyl halides is 6. The predicted molar refractivity (Wildman–Crippen MR) is 119 cm³/mol. The van der Waals surface area contributed by atoms with Crippen LogP contribution < -0.4 is 15.5 Å². The molecule has 192 valence electrons. The van der Waals surface area contributed by atoms with Gasteiger partial charge in [0, 0.05) is 37.9 Å². The summed E-state index contributed by atoms with van der Waals surface area (Å²) in [7, 11) is 3.76. The van der Waals surface area contributed by atoms with Crippen molar-refractivity contribution in [3.05, 3.63) is 46.6 Å². The van der Waals surface area contributed by atoms with Gasteiger partial charge in [0.15, 0.2) is 0 Å². The van der Waals surface area contributed by atoms with Crippen molar-refractivity contribution < 1.29 is 31.1 Å². The van der Waals surface area contributed by atoms with E-state index in [0.717, 1.165) is 11.5 Å². The monoisotopic (exact) mass is 503 g/mol. The molecule has 1 fully saturated rings. The van der Waals surface area contributed by atoms with Gasteiger partial charge in [0.05, 0.1) is 17.5 Å². The zero-order valence-electron chi connectivity index (χ0n) is 19.5. The molecule has 0 unspecified atom stereocenters. The molecule has 0 spiro atoms. The minimum Gasteiger partial charge on any atom is -0.363 e. The molecule has 1 saturated carbocycles. The van der Waals surface area contributed by atoms with E-state index in [1.807, 2.05) is 32.0 Å². The fourth-order valence-electron chi connectivity index (χ4n) is 4.00. The number of rotatable bonds is 6. The van der Waals surface area contributed by atoms with Crippen molar-refractivity contribution in [3.63, 3.8) is 0 Å². The smallest absolute Gasteiger partial charge is 0.363 e. The van der Waals surface area contributed by atoms with E-state index < -0.39 is 35.8 Å². The Kier molecular flexibility index (Phi) is 7.80. The topological polar surface area (TPSA) is 70.2 Å².